The number of aliphatic hydroxyl groups is 2. The Morgan fingerprint density at radius 1 is 1.44 bits per heavy atom. The second-order valence-electron chi connectivity index (χ2n) is 3.01. The Kier molecular flexibility index (Phi) is 6.13. The van der Waals surface area contributed by atoms with Crippen molar-refractivity contribution in [2.45, 2.75) is 25.3 Å². The quantitative estimate of drug-likeness (QED) is 0.352. The van der Waals surface area contributed by atoms with Gasteiger partial charge in [0.25, 0.3) is 0 Å². The minimum atomic E-state index is -4.89. The minimum absolute atomic E-state index is 0.135. The molecule has 0 fully saturated rings. The number of hydrogen-bond donors (Lipinski definition) is 3. The van der Waals surface area contributed by atoms with Crippen LogP contribution in [0.25, 0.3) is 0 Å². The van der Waals surface area contributed by atoms with Crippen LogP contribution in [0, 0.1) is 0 Å². The molecule has 0 aromatic rings. The van der Waals surface area contributed by atoms with E-state index < -0.39 is 18.4 Å². The Balaban J connectivity index is 3.74. The van der Waals surface area contributed by atoms with Crippen LogP contribution < -0.4 is 5.32 Å². The van der Waals surface area contributed by atoms with E-state index in [-0.39, 0.29) is 24.9 Å². The SMILES string of the molecule is [B]/C(=C\C(O)O)CCCNC(=O)C(F)(F)F. The molecule has 0 atom stereocenters. The van der Waals surface area contributed by atoms with Crippen molar-refractivity contribution in [3.63, 3.8) is 0 Å². The monoisotopic (exact) mass is 237 g/mol. The van der Waals surface area contributed by atoms with E-state index in [2.05, 4.69) is 0 Å². The van der Waals surface area contributed by atoms with Crippen LogP contribution >= 0.6 is 0 Å². The van der Waals surface area contributed by atoms with Crippen LogP contribution in [0.3, 0.4) is 0 Å². The molecule has 2 radical (unpaired) electrons. The molecule has 3 N–H and O–H groups in total. The van der Waals surface area contributed by atoms with Crippen molar-refractivity contribution in [2.24, 2.45) is 0 Å². The van der Waals surface area contributed by atoms with Gasteiger partial charge >= 0.3 is 12.1 Å². The molecule has 0 aromatic heterocycles. The van der Waals surface area contributed by atoms with Crippen LogP contribution in [0.5, 0.6) is 0 Å². The van der Waals surface area contributed by atoms with Gasteiger partial charge in [-0.05, 0) is 18.9 Å². The third kappa shape index (κ3) is 7.30. The van der Waals surface area contributed by atoms with Crippen molar-refractivity contribution in [1.29, 1.82) is 0 Å². The summed E-state index contributed by atoms with van der Waals surface area (Å²) in [6.07, 6.45) is -5.29. The van der Waals surface area contributed by atoms with Crippen molar-refractivity contribution in [1.82, 2.24) is 5.32 Å². The number of allylic oxidation sites excluding steroid dienone is 1. The van der Waals surface area contributed by atoms with Gasteiger partial charge in [0.15, 0.2) is 6.29 Å². The van der Waals surface area contributed by atoms with Gasteiger partial charge in [0.2, 0.25) is 0 Å². The molecule has 0 saturated heterocycles. The fraction of sp³-hybridized carbons (Fsp3) is 0.625. The lowest BCUT2D eigenvalue weighted by atomic mass is 9.90. The number of hydrogen-bond acceptors (Lipinski definition) is 3. The highest BCUT2D eigenvalue weighted by atomic mass is 19.4. The predicted octanol–water partition coefficient (Wildman–Crippen LogP) is -0.192. The van der Waals surface area contributed by atoms with Gasteiger partial charge in [0, 0.05) is 6.54 Å². The molecule has 0 rings (SSSR count). The molecule has 0 aliphatic heterocycles. The standard InChI is InChI=1S/C8H11BF3NO3/c9-5(4-6(14)15)2-1-3-13-7(16)8(10,11)12/h4,6,14-15H,1-3H2,(H,13,16)/b5-4-. The summed E-state index contributed by atoms with van der Waals surface area (Å²) in [6.45, 7) is -0.186. The zero-order chi connectivity index (χ0) is 12.8. The smallest absolute Gasteiger partial charge is 0.365 e. The zero-order valence-corrected chi connectivity index (χ0v) is 8.29. The Bertz CT molecular complexity index is 266. The Morgan fingerprint density at radius 3 is 2.44 bits per heavy atom. The molecule has 0 saturated carbocycles. The number of aliphatic hydroxyl groups excluding tert-OH is 1. The first kappa shape index (κ1) is 15.0. The molecule has 4 nitrogen and oxygen atoms in total. The van der Waals surface area contributed by atoms with Crippen molar-refractivity contribution in [3.05, 3.63) is 11.5 Å². The lowest BCUT2D eigenvalue weighted by Crippen LogP contribution is -2.37. The summed E-state index contributed by atoms with van der Waals surface area (Å²) in [5, 5.41) is 18.6. The molecular formula is C8H11BF3NO3. The molecule has 0 heterocycles. The van der Waals surface area contributed by atoms with E-state index in [1.807, 2.05) is 0 Å². The highest BCUT2D eigenvalue weighted by Crippen LogP contribution is 2.14. The first-order valence-corrected chi connectivity index (χ1v) is 4.41. The summed E-state index contributed by atoms with van der Waals surface area (Å²) in [5.74, 6) is -2.00. The zero-order valence-electron chi connectivity index (χ0n) is 8.29. The maximum absolute atomic E-state index is 11.7. The Morgan fingerprint density at radius 2 is 2.00 bits per heavy atom. The maximum atomic E-state index is 11.7. The van der Waals surface area contributed by atoms with Gasteiger partial charge in [-0.1, -0.05) is 0 Å². The predicted molar refractivity (Wildman–Crippen MR) is 50.4 cm³/mol. The van der Waals surface area contributed by atoms with Crippen molar-refractivity contribution < 1.29 is 28.2 Å². The number of amides is 1. The van der Waals surface area contributed by atoms with Gasteiger partial charge < -0.3 is 15.5 Å². The van der Waals surface area contributed by atoms with Crippen molar-refractivity contribution >= 4 is 13.8 Å². The van der Waals surface area contributed by atoms with E-state index in [1.165, 1.54) is 0 Å². The summed E-state index contributed by atoms with van der Waals surface area (Å²) < 4.78 is 35.1. The minimum Gasteiger partial charge on any atom is -0.365 e. The van der Waals surface area contributed by atoms with Gasteiger partial charge in [-0.3, -0.25) is 4.79 Å². The summed E-state index contributed by atoms with van der Waals surface area (Å²) in [4.78, 5) is 10.3. The van der Waals surface area contributed by atoms with Crippen LogP contribution in [0.15, 0.2) is 11.5 Å². The van der Waals surface area contributed by atoms with Crippen molar-refractivity contribution in [3.8, 4) is 0 Å². The lowest BCUT2D eigenvalue weighted by molar-refractivity contribution is -0.173. The molecule has 90 valence electrons. The molecule has 16 heavy (non-hydrogen) atoms. The molecule has 0 aliphatic carbocycles. The van der Waals surface area contributed by atoms with Gasteiger partial charge in [0.1, 0.15) is 7.85 Å². The number of carbonyl (C=O) groups excluding carboxylic acids is 1. The maximum Gasteiger partial charge on any atom is 0.471 e. The summed E-state index contributed by atoms with van der Waals surface area (Å²) >= 11 is 0. The van der Waals surface area contributed by atoms with E-state index in [0.717, 1.165) is 6.08 Å². The highest BCUT2D eigenvalue weighted by molar-refractivity contribution is 6.21. The second-order valence-corrected chi connectivity index (χ2v) is 3.01. The van der Waals surface area contributed by atoms with E-state index in [9.17, 15) is 18.0 Å². The largest absolute Gasteiger partial charge is 0.471 e. The van der Waals surface area contributed by atoms with Crippen molar-refractivity contribution in [2.75, 3.05) is 6.54 Å². The average molecular weight is 237 g/mol. The number of nitrogens with one attached hydrogen (secondary N) is 1. The van der Waals surface area contributed by atoms with Gasteiger partial charge in [-0.2, -0.15) is 13.2 Å². The molecule has 0 aliphatic rings. The topological polar surface area (TPSA) is 69.6 Å². The molecular weight excluding hydrogens is 226 g/mol. The first-order valence-electron chi connectivity index (χ1n) is 4.41. The van der Waals surface area contributed by atoms with Crippen LogP contribution in [-0.4, -0.2) is 43.0 Å². The fourth-order valence-electron chi connectivity index (χ4n) is 0.869. The molecule has 8 heteroatoms. The summed E-state index contributed by atoms with van der Waals surface area (Å²) in [6, 6.07) is 0. The van der Waals surface area contributed by atoms with E-state index >= 15 is 0 Å². The normalized spacial score (nSPS) is 13.0. The first-order chi connectivity index (χ1) is 7.23. The Hall–Kier alpha value is -1.02. The lowest BCUT2D eigenvalue weighted by Gasteiger charge is -2.08. The van der Waals surface area contributed by atoms with Crippen LogP contribution in [0.2, 0.25) is 0 Å². The molecule has 1 amide bonds. The second kappa shape index (κ2) is 6.54. The van der Waals surface area contributed by atoms with Crippen LogP contribution in [0.4, 0.5) is 13.2 Å². The van der Waals surface area contributed by atoms with Gasteiger partial charge in [-0.25, -0.2) is 0 Å². The van der Waals surface area contributed by atoms with Crippen LogP contribution in [0.1, 0.15) is 12.8 Å². The van der Waals surface area contributed by atoms with Gasteiger partial charge in [0.05, 0.1) is 0 Å². The fourth-order valence-corrected chi connectivity index (χ4v) is 0.869. The van der Waals surface area contributed by atoms with Crippen LogP contribution in [-0.2, 0) is 4.79 Å². The number of alkyl halides is 3. The summed E-state index contributed by atoms with van der Waals surface area (Å²) in [7, 11) is 5.28. The number of rotatable bonds is 5. The molecule has 0 unspecified atom stereocenters. The third-order valence-electron chi connectivity index (χ3n) is 1.55. The van der Waals surface area contributed by atoms with E-state index in [4.69, 9.17) is 18.1 Å². The van der Waals surface area contributed by atoms with Gasteiger partial charge in [-0.15, -0.1) is 5.47 Å². The molecule has 0 spiro atoms. The highest BCUT2D eigenvalue weighted by Gasteiger charge is 2.38. The number of halogens is 3. The molecule has 0 bridgehead atoms. The third-order valence-corrected chi connectivity index (χ3v) is 1.55. The Labute approximate surface area is 91.6 Å². The molecule has 0 aromatic carbocycles. The van der Waals surface area contributed by atoms with E-state index in [0.29, 0.717) is 0 Å². The number of carbonyl (C=O) groups is 1. The summed E-state index contributed by atoms with van der Waals surface area (Å²) in [5.41, 5.74) is 0.135. The average Bonchev–Trinajstić information content (AvgIpc) is 2.09. The van der Waals surface area contributed by atoms with E-state index in [1.54, 1.807) is 5.32 Å².